The van der Waals surface area contributed by atoms with Gasteiger partial charge in [-0.1, -0.05) is 0 Å². The summed E-state index contributed by atoms with van der Waals surface area (Å²) >= 11 is -2.66. The maximum absolute atomic E-state index is 3.84. The van der Waals surface area contributed by atoms with Gasteiger partial charge in [0.2, 0.25) is 0 Å². The summed E-state index contributed by atoms with van der Waals surface area (Å²) in [6, 6.07) is 11.2. The van der Waals surface area contributed by atoms with Gasteiger partial charge in [0.1, 0.15) is 0 Å². The van der Waals surface area contributed by atoms with Crippen LogP contribution in [0.4, 0.5) is 0 Å². The monoisotopic (exact) mass is 415 g/mol. The van der Waals surface area contributed by atoms with Gasteiger partial charge in [0, 0.05) is 0 Å². The van der Waals surface area contributed by atoms with E-state index in [9.17, 15) is 0 Å². The van der Waals surface area contributed by atoms with E-state index >= 15 is 0 Å². The van der Waals surface area contributed by atoms with E-state index in [0.29, 0.717) is 0 Å². The average Bonchev–Trinajstić information content (AvgIpc) is 3.04. The first-order valence-corrected chi connectivity index (χ1v) is 11.7. The summed E-state index contributed by atoms with van der Waals surface area (Å²) in [6.45, 7) is 14.8. The Bertz CT molecular complexity index is 741. The summed E-state index contributed by atoms with van der Waals surface area (Å²) < 4.78 is 3.81. The number of hydrogen-bond donors (Lipinski definition) is 1. The molecule has 25 heavy (non-hydrogen) atoms. The molecule has 0 bridgehead atoms. The summed E-state index contributed by atoms with van der Waals surface area (Å²) in [7, 11) is 0. The molecule has 1 nitrogen and oxygen atoms in total. The van der Waals surface area contributed by atoms with Crippen LogP contribution in [0.25, 0.3) is 10.9 Å². The molecular weight excluding hydrogens is 385 g/mol. The number of benzene rings is 1. The zero-order valence-corrected chi connectivity index (χ0v) is 19.3. The van der Waals surface area contributed by atoms with E-state index in [1.807, 2.05) is 0 Å². The number of halogens is 2. The maximum atomic E-state index is 3.84. The first-order valence-electron chi connectivity index (χ1n) is 8.62. The quantitative estimate of drug-likeness (QED) is 0.504. The molecule has 0 saturated carbocycles. The predicted molar refractivity (Wildman–Crippen MR) is 114 cm³/mol. The minimum absolute atomic E-state index is 0. The van der Waals surface area contributed by atoms with Crippen molar-refractivity contribution >= 4 is 39.7 Å². The Morgan fingerprint density at radius 2 is 1.52 bits per heavy atom. The molecule has 1 aliphatic carbocycles. The smallest absolute Gasteiger partial charge is 0.147 e. The summed E-state index contributed by atoms with van der Waals surface area (Å²) in [5.74, 6) is 0. The fourth-order valence-electron chi connectivity index (χ4n) is 5.07. The first-order chi connectivity index (χ1) is 10.7. The van der Waals surface area contributed by atoms with Gasteiger partial charge in [0.15, 0.2) is 0 Å². The minimum atomic E-state index is -2.66. The van der Waals surface area contributed by atoms with Crippen LogP contribution in [0.15, 0.2) is 52.4 Å². The SMILES string of the molecule is C[C](C)(C)[Ti]([C]1=CC=CC1)([c]1cc2ccccc2[nH]1)[C](C)(C)C.Cl.Cl. The molecule has 0 unspecified atom stereocenters. The fraction of sp³-hybridized carbons (Fsp3) is 0.429. The summed E-state index contributed by atoms with van der Waals surface area (Å²) in [6.07, 6.45) is 8.14. The van der Waals surface area contributed by atoms with Crippen LogP contribution in [0.5, 0.6) is 0 Å². The number of para-hydroxylation sites is 1. The molecule has 1 aromatic heterocycles. The Labute approximate surface area is 168 Å². The molecule has 0 radical (unpaired) electrons. The molecule has 1 aromatic carbocycles. The number of aromatic nitrogens is 1. The van der Waals surface area contributed by atoms with Crippen molar-refractivity contribution in [3.8, 4) is 0 Å². The van der Waals surface area contributed by atoms with E-state index < -0.39 is 16.6 Å². The Hall–Kier alpha value is -0.466. The second-order valence-electron chi connectivity index (χ2n) is 8.84. The van der Waals surface area contributed by atoms with Crippen molar-refractivity contribution in [2.45, 2.75) is 55.4 Å². The third kappa shape index (κ3) is 3.54. The molecule has 0 aliphatic heterocycles. The zero-order chi connectivity index (χ0) is 16.9. The second-order valence-corrected chi connectivity index (χ2v) is 17.7. The van der Waals surface area contributed by atoms with Gasteiger partial charge in [-0.15, -0.1) is 24.8 Å². The van der Waals surface area contributed by atoms with Gasteiger partial charge in [-0.25, -0.2) is 0 Å². The Balaban J connectivity index is 0.00000156. The van der Waals surface area contributed by atoms with E-state index in [1.54, 1.807) is 3.88 Å². The van der Waals surface area contributed by atoms with E-state index in [-0.39, 0.29) is 32.3 Å². The third-order valence-electron chi connectivity index (χ3n) is 5.44. The van der Waals surface area contributed by atoms with Crippen molar-refractivity contribution in [1.29, 1.82) is 0 Å². The van der Waals surface area contributed by atoms with Crippen LogP contribution in [0.2, 0.25) is 7.44 Å². The molecular formula is C21H31Cl2NTi. The maximum Gasteiger partial charge on any atom is -0.147 e. The summed E-state index contributed by atoms with van der Waals surface area (Å²) in [5.41, 5.74) is 1.28. The van der Waals surface area contributed by atoms with Gasteiger partial charge >= 0.3 is 144 Å². The number of nitrogens with one attached hydrogen (secondary N) is 1. The number of rotatable bonds is 2. The fourth-order valence-corrected chi connectivity index (χ4v) is 16.9. The van der Waals surface area contributed by atoms with Crippen LogP contribution in [-0.2, 0) is 16.6 Å². The van der Waals surface area contributed by atoms with Gasteiger partial charge in [0.25, 0.3) is 0 Å². The number of fused-ring (bicyclic) bond motifs is 1. The molecule has 0 saturated heterocycles. The van der Waals surface area contributed by atoms with Crippen molar-refractivity contribution in [3.05, 3.63) is 52.4 Å². The molecule has 2 aromatic rings. The first kappa shape index (κ1) is 22.6. The van der Waals surface area contributed by atoms with Crippen molar-refractivity contribution in [2.75, 3.05) is 0 Å². The Morgan fingerprint density at radius 3 is 2.00 bits per heavy atom. The van der Waals surface area contributed by atoms with Crippen LogP contribution in [0, 0.1) is 0 Å². The molecule has 0 spiro atoms. The Morgan fingerprint density at radius 1 is 0.920 bits per heavy atom. The largest absolute Gasteiger partial charge is 0.147 e. The van der Waals surface area contributed by atoms with Crippen LogP contribution >= 0.6 is 24.8 Å². The van der Waals surface area contributed by atoms with Gasteiger partial charge in [0.05, 0.1) is 0 Å². The van der Waals surface area contributed by atoms with Crippen molar-refractivity contribution < 1.29 is 16.6 Å². The topological polar surface area (TPSA) is 15.8 Å². The standard InChI is InChI=1S/C8H6N.C5H5.2C4H9.2ClH.Ti/c1-2-4-8-7(3-1)5-6-9-8;1-2-4-5-3-1;2*1-4(2)3;;;/h1-5,9H;1-3H,4H2;2*1-3H3;2*1H;. The van der Waals surface area contributed by atoms with Gasteiger partial charge < -0.3 is 0 Å². The average molecular weight is 416 g/mol. The van der Waals surface area contributed by atoms with Crippen molar-refractivity contribution in [2.24, 2.45) is 0 Å². The molecule has 4 heteroatoms. The van der Waals surface area contributed by atoms with E-state index in [0.717, 1.165) is 6.42 Å². The Kier molecular flexibility index (Phi) is 6.90. The normalized spacial score (nSPS) is 14.9. The molecule has 1 heterocycles. The number of hydrogen-bond acceptors (Lipinski definition) is 0. The molecule has 3 rings (SSSR count). The summed E-state index contributed by atoms with van der Waals surface area (Å²) in [5, 5.41) is 1.34. The molecule has 0 atom stereocenters. The minimum Gasteiger partial charge on any atom is -0.147 e. The van der Waals surface area contributed by atoms with Gasteiger partial charge in [-0.3, -0.25) is 0 Å². The van der Waals surface area contributed by atoms with Crippen LogP contribution in [0.1, 0.15) is 48.0 Å². The number of H-pyrrole nitrogens is 1. The molecule has 1 aliphatic rings. The van der Waals surface area contributed by atoms with E-state index in [1.165, 1.54) is 14.9 Å². The predicted octanol–water partition coefficient (Wildman–Crippen LogP) is 7.07. The van der Waals surface area contributed by atoms with Gasteiger partial charge in [-0.2, -0.15) is 0 Å². The number of allylic oxidation sites excluding steroid dienone is 4. The third-order valence-corrected chi connectivity index (χ3v) is 16.2. The zero-order valence-electron chi connectivity index (χ0n) is 16.1. The van der Waals surface area contributed by atoms with Crippen LogP contribution in [-0.4, -0.2) is 4.98 Å². The van der Waals surface area contributed by atoms with E-state index in [4.69, 9.17) is 0 Å². The van der Waals surface area contributed by atoms with Gasteiger partial charge in [-0.05, 0) is 0 Å². The van der Waals surface area contributed by atoms with E-state index in [2.05, 4.69) is 95.1 Å². The number of aromatic amines is 1. The molecule has 1 N–H and O–H groups in total. The van der Waals surface area contributed by atoms with Crippen molar-refractivity contribution in [3.63, 3.8) is 0 Å². The summed E-state index contributed by atoms with van der Waals surface area (Å²) in [4.78, 5) is 3.84. The van der Waals surface area contributed by atoms with Crippen LogP contribution < -0.4 is 4.00 Å². The second kappa shape index (κ2) is 7.65. The molecule has 138 valence electrons. The van der Waals surface area contributed by atoms with Crippen molar-refractivity contribution in [1.82, 2.24) is 4.98 Å². The molecule has 0 fully saturated rings. The molecule has 0 amide bonds. The van der Waals surface area contributed by atoms with Crippen LogP contribution in [0.3, 0.4) is 0 Å².